The van der Waals surface area contributed by atoms with Gasteiger partial charge in [-0.2, -0.15) is 15.2 Å². The first-order chi connectivity index (χ1) is 21.1. The van der Waals surface area contributed by atoms with Crippen molar-refractivity contribution < 1.29 is 33.5 Å². The van der Waals surface area contributed by atoms with Crippen molar-refractivity contribution in [1.82, 2.24) is 19.9 Å². The van der Waals surface area contributed by atoms with E-state index in [0.29, 0.717) is 45.5 Å². The summed E-state index contributed by atoms with van der Waals surface area (Å²) >= 11 is 0. The zero-order chi connectivity index (χ0) is 32.0. The lowest BCUT2D eigenvalue weighted by molar-refractivity contribution is 0.00250. The van der Waals surface area contributed by atoms with Crippen LogP contribution in [0.1, 0.15) is 34.6 Å². The molecule has 12 nitrogen and oxygen atoms in total. The van der Waals surface area contributed by atoms with Gasteiger partial charge in [0.15, 0.2) is 5.75 Å². The number of benzene rings is 1. The summed E-state index contributed by atoms with van der Waals surface area (Å²) in [5.41, 5.74) is 0.819. The van der Waals surface area contributed by atoms with Crippen LogP contribution in [0.25, 0.3) is 10.9 Å². The first-order valence-electron chi connectivity index (χ1n) is 13.7. The molecule has 0 aliphatic rings. The highest BCUT2D eigenvalue weighted by Crippen LogP contribution is 2.51. The molecule has 0 radical (unpaired) electrons. The molecule has 0 aliphatic heterocycles. The molecule has 3 heterocycles. The van der Waals surface area contributed by atoms with E-state index in [9.17, 15) is 10.4 Å². The molecular formula is C32H37N5O7. The highest BCUT2D eigenvalue weighted by molar-refractivity contribution is 5.82. The number of pyridine rings is 3. The predicted octanol–water partition coefficient (Wildman–Crippen LogP) is 3.92. The number of rotatable bonds is 13. The number of hydrogen-bond acceptors (Lipinski definition) is 12. The van der Waals surface area contributed by atoms with Gasteiger partial charge in [0.25, 0.3) is 5.88 Å². The van der Waals surface area contributed by atoms with Crippen LogP contribution in [-0.2, 0) is 5.60 Å². The Morgan fingerprint density at radius 3 is 1.93 bits per heavy atom. The number of aromatic nitrogens is 3. The van der Waals surface area contributed by atoms with E-state index in [4.69, 9.17) is 33.4 Å². The molecule has 44 heavy (non-hydrogen) atoms. The normalized spacial score (nSPS) is 13.1. The van der Waals surface area contributed by atoms with Gasteiger partial charge in [-0.25, -0.2) is 4.98 Å². The number of aliphatic hydroxyl groups is 1. The van der Waals surface area contributed by atoms with Gasteiger partial charge in [-0.05, 0) is 56.4 Å². The van der Waals surface area contributed by atoms with Crippen LogP contribution in [0.2, 0.25) is 0 Å². The van der Waals surface area contributed by atoms with E-state index in [1.807, 2.05) is 25.1 Å². The Morgan fingerprint density at radius 1 is 0.773 bits per heavy atom. The average molecular weight is 604 g/mol. The number of nitrogens with zero attached hydrogens (tertiary/aromatic N) is 5. The maximum absolute atomic E-state index is 13.2. The summed E-state index contributed by atoms with van der Waals surface area (Å²) < 4.78 is 33.8. The highest BCUT2D eigenvalue weighted by atomic mass is 16.5. The Kier molecular flexibility index (Phi) is 9.93. The summed E-state index contributed by atoms with van der Waals surface area (Å²) in [6, 6.07) is 14.3. The van der Waals surface area contributed by atoms with Crippen LogP contribution < -0.4 is 28.4 Å². The Morgan fingerprint density at radius 2 is 1.39 bits per heavy atom. The fourth-order valence-electron chi connectivity index (χ4n) is 5.23. The number of fused-ring (bicyclic) bond motifs is 1. The second kappa shape index (κ2) is 13.6. The lowest BCUT2D eigenvalue weighted by atomic mass is 9.71. The van der Waals surface area contributed by atoms with Crippen molar-refractivity contribution in [1.29, 1.82) is 5.26 Å². The zero-order valence-corrected chi connectivity index (χ0v) is 26.2. The highest BCUT2D eigenvalue weighted by Gasteiger charge is 2.45. The van der Waals surface area contributed by atoms with Crippen LogP contribution in [0.5, 0.6) is 35.1 Å². The second-order valence-electron chi connectivity index (χ2n) is 10.3. The molecule has 0 spiro atoms. The molecule has 1 N–H and O–H groups in total. The predicted molar refractivity (Wildman–Crippen MR) is 163 cm³/mol. The Labute approximate surface area is 256 Å². The standard InChI is InChI=1S/C32H37N5O7/c1-37(2)12-11-32(38,21-15-26(40-4)35-27(16-21)41-5)28(23-17-25(39-3)31(44-8)36-30(23)43-7)22-14-20-13-19(18-33)9-10-24(20)34-29(22)42-6/h9-10,13-17,28,38H,11-12H2,1-8H3/t28-,32+/m0/s1. The summed E-state index contributed by atoms with van der Waals surface area (Å²) in [5, 5.41) is 23.5. The van der Waals surface area contributed by atoms with Crippen LogP contribution in [0.3, 0.4) is 0 Å². The molecule has 0 amide bonds. The molecule has 0 fully saturated rings. The van der Waals surface area contributed by atoms with Gasteiger partial charge >= 0.3 is 0 Å². The number of methoxy groups -OCH3 is 6. The average Bonchev–Trinajstić information content (AvgIpc) is 3.05. The van der Waals surface area contributed by atoms with Crippen molar-refractivity contribution in [3.8, 4) is 41.2 Å². The van der Waals surface area contributed by atoms with Crippen LogP contribution in [-0.4, -0.2) is 88.3 Å². The first-order valence-corrected chi connectivity index (χ1v) is 13.7. The minimum absolute atomic E-state index is 0.192. The molecule has 1 aromatic carbocycles. The van der Waals surface area contributed by atoms with Crippen molar-refractivity contribution in [3.05, 3.63) is 64.7 Å². The SMILES string of the molecule is COc1cc([C@](O)(CCN(C)C)[C@H](c2cc(OC)c(OC)nc2OC)c2cc3cc(C#N)ccc3nc2OC)cc(OC)n1. The molecule has 12 heteroatoms. The van der Waals surface area contributed by atoms with E-state index in [-0.39, 0.29) is 35.8 Å². The van der Waals surface area contributed by atoms with E-state index in [1.165, 1.54) is 42.7 Å². The molecule has 232 valence electrons. The molecule has 2 atom stereocenters. The van der Waals surface area contributed by atoms with Gasteiger partial charge in [-0.3, -0.25) is 0 Å². The quantitative estimate of drug-likeness (QED) is 0.237. The first kappa shape index (κ1) is 32.1. The van der Waals surface area contributed by atoms with Gasteiger partial charge in [0.1, 0.15) is 5.60 Å². The summed E-state index contributed by atoms with van der Waals surface area (Å²) in [4.78, 5) is 15.7. The van der Waals surface area contributed by atoms with E-state index < -0.39 is 11.5 Å². The molecule has 3 aromatic heterocycles. The van der Waals surface area contributed by atoms with E-state index in [2.05, 4.69) is 16.0 Å². The van der Waals surface area contributed by atoms with Crippen molar-refractivity contribution in [2.45, 2.75) is 17.9 Å². The molecule has 0 saturated heterocycles. The van der Waals surface area contributed by atoms with Crippen molar-refractivity contribution in [2.75, 3.05) is 63.3 Å². The van der Waals surface area contributed by atoms with Gasteiger partial charge in [-0.15, -0.1) is 0 Å². The van der Waals surface area contributed by atoms with E-state index in [1.54, 1.807) is 36.4 Å². The van der Waals surface area contributed by atoms with Crippen LogP contribution in [0.15, 0.2) is 42.5 Å². The van der Waals surface area contributed by atoms with Gasteiger partial charge < -0.3 is 38.4 Å². The summed E-state index contributed by atoms with van der Waals surface area (Å²) in [7, 11) is 12.8. The topological polar surface area (TPSA) is 141 Å². The molecule has 0 saturated carbocycles. The van der Waals surface area contributed by atoms with Crippen molar-refractivity contribution in [3.63, 3.8) is 0 Å². The van der Waals surface area contributed by atoms with Gasteiger partial charge in [-0.1, -0.05) is 0 Å². The van der Waals surface area contributed by atoms with E-state index in [0.717, 1.165) is 0 Å². The Balaban J connectivity index is 2.18. The maximum atomic E-state index is 13.2. The maximum Gasteiger partial charge on any atom is 0.260 e. The molecule has 4 rings (SSSR count). The molecule has 0 aliphatic carbocycles. The summed E-state index contributed by atoms with van der Waals surface area (Å²) in [6.07, 6.45) is 0.220. The summed E-state index contributed by atoms with van der Waals surface area (Å²) in [5.74, 6) is 0.559. The lowest BCUT2D eigenvalue weighted by Gasteiger charge is -2.39. The van der Waals surface area contributed by atoms with Gasteiger partial charge in [0.2, 0.25) is 23.5 Å². The van der Waals surface area contributed by atoms with Crippen molar-refractivity contribution >= 4 is 10.9 Å². The third kappa shape index (κ3) is 6.24. The smallest absolute Gasteiger partial charge is 0.260 e. The Hall–Kier alpha value is -4.86. The third-order valence-corrected chi connectivity index (χ3v) is 7.42. The Bertz CT molecular complexity index is 1650. The lowest BCUT2D eigenvalue weighted by Crippen LogP contribution is -2.38. The number of nitriles is 1. The fraction of sp³-hybridized carbons (Fsp3) is 0.375. The van der Waals surface area contributed by atoms with E-state index >= 15 is 0 Å². The van der Waals surface area contributed by atoms with Gasteiger partial charge in [0.05, 0.1) is 65.7 Å². The fourth-order valence-corrected chi connectivity index (χ4v) is 5.23. The third-order valence-electron chi connectivity index (χ3n) is 7.42. The summed E-state index contributed by atoms with van der Waals surface area (Å²) in [6.45, 7) is 0.477. The minimum atomic E-state index is -1.70. The zero-order valence-electron chi connectivity index (χ0n) is 26.2. The molecule has 4 aromatic rings. The monoisotopic (exact) mass is 603 g/mol. The van der Waals surface area contributed by atoms with Crippen LogP contribution in [0, 0.1) is 11.3 Å². The molecular weight excluding hydrogens is 566 g/mol. The van der Waals surface area contributed by atoms with Crippen molar-refractivity contribution in [2.24, 2.45) is 0 Å². The number of ether oxygens (including phenoxy) is 6. The van der Waals surface area contributed by atoms with Gasteiger partial charge in [0, 0.05) is 35.2 Å². The van der Waals surface area contributed by atoms with Crippen LogP contribution >= 0.6 is 0 Å². The largest absolute Gasteiger partial charge is 0.491 e. The second-order valence-corrected chi connectivity index (χ2v) is 10.3. The minimum Gasteiger partial charge on any atom is -0.491 e. The van der Waals surface area contributed by atoms with Crippen LogP contribution in [0.4, 0.5) is 0 Å². The molecule has 0 unspecified atom stereocenters. The molecule has 0 bridgehead atoms. The number of hydrogen-bond donors (Lipinski definition) is 1.